The number of sulfonamides is 1. The average Bonchev–Trinajstić information content (AvgIpc) is 2.62. The Morgan fingerprint density at radius 1 is 1.12 bits per heavy atom. The van der Waals surface area contributed by atoms with Gasteiger partial charge in [0.15, 0.2) is 5.57 Å². The normalized spacial score (nSPS) is 10.2. The van der Waals surface area contributed by atoms with Crippen LogP contribution in [0.5, 0.6) is 0 Å². The van der Waals surface area contributed by atoms with Crippen molar-refractivity contribution in [1.29, 1.82) is 10.5 Å². The molecule has 0 aliphatic heterocycles. The van der Waals surface area contributed by atoms with Crippen LogP contribution in [0.25, 0.3) is 0 Å². The number of nitriles is 2. The van der Waals surface area contributed by atoms with Gasteiger partial charge in [0.25, 0.3) is 10.0 Å². The third-order valence-corrected chi connectivity index (χ3v) is 5.07. The summed E-state index contributed by atoms with van der Waals surface area (Å²) in [6.45, 7) is 0. The summed E-state index contributed by atoms with van der Waals surface area (Å²) in [6, 6.07) is 14.5. The summed E-state index contributed by atoms with van der Waals surface area (Å²) >= 11 is 1.22. The van der Waals surface area contributed by atoms with Gasteiger partial charge in [0.05, 0.1) is 4.90 Å². The Kier molecular flexibility index (Phi) is 6.01. The molecule has 1 aromatic carbocycles. The van der Waals surface area contributed by atoms with Crippen LogP contribution in [0.2, 0.25) is 0 Å². The van der Waals surface area contributed by atoms with Crippen molar-refractivity contribution in [2.24, 2.45) is 0 Å². The maximum Gasteiger partial charge on any atom is 0.263 e. The van der Waals surface area contributed by atoms with Gasteiger partial charge in [0, 0.05) is 11.9 Å². The molecular formula is C16H13N5O2S2. The smallest absolute Gasteiger partial charge is 0.263 e. The number of benzene rings is 1. The number of hydrogen-bond donors (Lipinski definition) is 2. The molecule has 0 atom stereocenters. The molecule has 0 fully saturated rings. The highest BCUT2D eigenvalue weighted by molar-refractivity contribution is 8.02. The molecule has 1 aromatic heterocycles. The van der Waals surface area contributed by atoms with E-state index in [1.165, 1.54) is 30.1 Å². The maximum absolute atomic E-state index is 12.3. The molecule has 0 spiro atoms. The van der Waals surface area contributed by atoms with Gasteiger partial charge in [-0.2, -0.15) is 10.5 Å². The number of nitrogens with one attached hydrogen (secondary N) is 2. The van der Waals surface area contributed by atoms with Crippen LogP contribution in [0.15, 0.2) is 64.2 Å². The van der Waals surface area contributed by atoms with E-state index in [0.29, 0.717) is 10.7 Å². The number of aromatic nitrogens is 1. The van der Waals surface area contributed by atoms with Crippen molar-refractivity contribution in [3.63, 3.8) is 0 Å². The number of allylic oxidation sites excluding steroid dienone is 1. The van der Waals surface area contributed by atoms with E-state index in [9.17, 15) is 8.42 Å². The van der Waals surface area contributed by atoms with Crippen LogP contribution in [-0.4, -0.2) is 19.7 Å². The van der Waals surface area contributed by atoms with Crippen LogP contribution >= 0.6 is 11.8 Å². The van der Waals surface area contributed by atoms with Gasteiger partial charge in [-0.05, 0) is 42.7 Å². The third-order valence-electron chi connectivity index (χ3n) is 2.98. The Morgan fingerprint density at radius 3 is 2.32 bits per heavy atom. The lowest BCUT2D eigenvalue weighted by Gasteiger charge is -2.10. The van der Waals surface area contributed by atoms with Gasteiger partial charge in [0.1, 0.15) is 23.0 Å². The highest BCUT2D eigenvalue weighted by atomic mass is 32.2. The van der Waals surface area contributed by atoms with Gasteiger partial charge in [-0.15, -0.1) is 11.8 Å². The van der Waals surface area contributed by atoms with Crippen molar-refractivity contribution in [3.8, 4) is 12.1 Å². The van der Waals surface area contributed by atoms with E-state index in [4.69, 9.17) is 10.5 Å². The van der Waals surface area contributed by atoms with Crippen molar-refractivity contribution in [2.75, 3.05) is 16.3 Å². The van der Waals surface area contributed by atoms with Crippen molar-refractivity contribution in [3.05, 3.63) is 59.3 Å². The molecule has 0 amide bonds. The second-order valence-electron chi connectivity index (χ2n) is 4.60. The predicted molar refractivity (Wildman–Crippen MR) is 96.9 cm³/mol. The molecule has 0 saturated heterocycles. The number of nitrogens with zero attached hydrogens (tertiary/aromatic N) is 3. The first-order chi connectivity index (χ1) is 12.0. The fourth-order valence-corrected chi connectivity index (χ4v) is 3.33. The standard InChI is InChI=1S/C16H13N5O2S2/c1-24-16(12(10-17)11-18)20-13-5-7-14(8-6-13)25(22,23)21-15-4-2-3-9-19-15/h2-9,20H,1H3,(H,19,21). The molecule has 0 saturated carbocycles. The van der Waals surface area contributed by atoms with Gasteiger partial charge in [0.2, 0.25) is 0 Å². The SMILES string of the molecule is CSC(Nc1ccc(S(=O)(=O)Nc2ccccn2)cc1)=C(C#N)C#N. The summed E-state index contributed by atoms with van der Waals surface area (Å²) in [6.07, 6.45) is 3.22. The number of pyridine rings is 1. The van der Waals surface area contributed by atoms with Crippen LogP contribution in [0.3, 0.4) is 0 Å². The molecule has 2 N–H and O–H groups in total. The number of anilines is 2. The van der Waals surface area contributed by atoms with Crippen LogP contribution in [0.1, 0.15) is 0 Å². The second-order valence-corrected chi connectivity index (χ2v) is 7.10. The second kappa shape index (κ2) is 8.20. The Morgan fingerprint density at radius 2 is 1.80 bits per heavy atom. The quantitative estimate of drug-likeness (QED) is 0.749. The van der Waals surface area contributed by atoms with Gasteiger partial charge in [-0.3, -0.25) is 4.72 Å². The predicted octanol–water partition coefficient (Wildman–Crippen LogP) is 2.92. The molecule has 0 aliphatic carbocycles. The summed E-state index contributed by atoms with van der Waals surface area (Å²) in [5.74, 6) is 0.227. The number of hydrogen-bond acceptors (Lipinski definition) is 7. The largest absolute Gasteiger partial charge is 0.349 e. The van der Waals surface area contributed by atoms with E-state index >= 15 is 0 Å². The Hall–Kier alpha value is -3.01. The van der Waals surface area contributed by atoms with Crippen molar-refractivity contribution in [2.45, 2.75) is 4.90 Å². The molecule has 0 aliphatic rings. The molecule has 2 rings (SSSR count). The molecule has 0 unspecified atom stereocenters. The van der Waals surface area contributed by atoms with E-state index in [1.807, 2.05) is 12.1 Å². The first-order valence-electron chi connectivity index (χ1n) is 6.89. The first kappa shape index (κ1) is 18.3. The van der Waals surface area contributed by atoms with E-state index < -0.39 is 10.0 Å². The van der Waals surface area contributed by atoms with E-state index in [0.717, 1.165) is 0 Å². The lowest BCUT2D eigenvalue weighted by molar-refractivity contribution is 0.601. The molecule has 2 aromatic rings. The van der Waals surface area contributed by atoms with E-state index in [-0.39, 0.29) is 16.3 Å². The minimum Gasteiger partial charge on any atom is -0.349 e. The maximum atomic E-state index is 12.3. The fourth-order valence-electron chi connectivity index (χ4n) is 1.81. The molecule has 25 heavy (non-hydrogen) atoms. The van der Waals surface area contributed by atoms with Crippen LogP contribution in [0.4, 0.5) is 11.5 Å². The lowest BCUT2D eigenvalue weighted by Crippen LogP contribution is -2.13. The van der Waals surface area contributed by atoms with Crippen LogP contribution < -0.4 is 10.0 Å². The molecular weight excluding hydrogens is 358 g/mol. The zero-order valence-electron chi connectivity index (χ0n) is 13.1. The summed E-state index contributed by atoms with van der Waals surface area (Å²) in [4.78, 5) is 3.99. The van der Waals surface area contributed by atoms with E-state index in [2.05, 4.69) is 15.0 Å². The van der Waals surface area contributed by atoms with Crippen LogP contribution in [-0.2, 0) is 10.0 Å². The number of thioether (sulfide) groups is 1. The Balaban J connectivity index is 2.21. The topological polar surface area (TPSA) is 119 Å². The Labute approximate surface area is 150 Å². The first-order valence-corrected chi connectivity index (χ1v) is 9.60. The molecule has 0 radical (unpaired) electrons. The minimum absolute atomic E-state index is 0.0407. The third kappa shape index (κ3) is 4.73. The summed E-state index contributed by atoms with van der Waals surface area (Å²) in [7, 11) is -3.75. The zero-order valence-corrected chi connectivity index (χ0v) is 14.7. The monoisotopic (exact) mass is 371 g/mol. The van der Waals surface area contributed by atoms with Gasteiger partial charge >= 0.3 is 0 Å². The summed E-state index contributed by atoms with van der Waals surface area (Å²) in [5, 5.41) is 21.2. The number of rotatable bonds is 6. The van der Waals surface area contributed by atoms with Gasteiger partial charge in [-0.25, -0.2) is 13.4 Å². The van der Waals surface area contributed by atoms with Crippen molar-refractivity contribution >= 4 is 33.3 Å². The summed E-state index contributed by atoms with van der Waals surface area (Å²) in [5.41, 5.74) is 0.519. The van der Waals surface area contributed by atoms with Crippen molar-refractivity contribution < 1.29 is 8.42 Å². The summed E-state index contributed by atoms with van der Waals surface area (Å²) < 4.78 is 27.0. The lowest BCUT2D eigenvalue weighted by atomic mass is 10.3. The van der Waals surface area contributed by atoms with Crippen LogP contribution in [0, 0.1) is 22.7 Å². The molecule has 0 bridgehead atoms. The zero-order chi connectivity index (χ0) is 18.3. The molecule has 1 heterocycles. The minimum atomic E-state index is -3.75. The molecule has 126 valence electrons. The fraction of sp³-hybridized carbons (Fsp3) is 0.0625. The Bertz CT molecular complexity index is 940. The average molecular weight is 371 g/mol. The van der Waals surface area contributed by atoms with Gasteiger partial charge < -0.3 is 5.32 Å². The van der Waals surface area contributed by atoms with E-state index in [1.54, 1.807) is 36.6 Å². The highest BCUT2D eigenvalue weighted by Gasteiger charge is 2.15. The molecule has 9 heteroatoms. The van der Waals surface area contributed by atoms with Crippen molar-refractivity contribution in [1.82, 2.24) is 4.98 Å². The van der Waals surface area contributed by atoms with Gasteiger partial charge in [-0.1, -0.05) is 6.07 Å². The highest BCUT2D eigenvalue weighted by Crippen LogP contribution is 2.22. The molecule has 7 nitrogen and oxygen atoms in total.